The van der Waals surface area contributed by atoms with Gasteiger partial charge in [-0.3, -0.25) is 0 Å². The predicted octanol–water partition coefficient (Wildman–Crippen LogP) is 6.93. The molecule has 0 amide bonds. The van der Waals surface area contributed by atoms with E-state index in [2.05, 4.69) is 94.4 Å². The molecule has 0 saturated carbocycles. The van der Waals surface area contributed by atoms with Crippen LogP contribution in [0.1, 0.15) is 27.7 Å². The maximum absolute atomic E-state index is 6.29. The molecule has 0 atom stereocenters. The molecule has 6 rings (SSSR count). The summed E-state index contributed by atoms with van der Waals surface area (Å²) in [6.45, 7) is 8.31. The minimum Gasteiger partial charge on any atom is -0.399 e. The van der Waals surface area contributed by atoms with Crippen molar-refractivity contribution in [3.8, 4) is 33.8 Å². The predicted molar refractivity (Wildman–Crippen MR) is 152 cm³/mol. The van der Waals surface area contributed by atoms with Gasteiger partial charge in [-0.25, -0.2) is 9.97 Å². The van der Waals surface area contributed by atoms with Crippen LogP contribution in [0.2, 0.25) is 0 Å². The van der Waals surface area contributed by atoms with Gasteiger partial charge in [0.2, 0.25) is 0 Å². The summed E-state index contributed by atoms with van der Waals surface area (Å²) in [6.07, 6.45) is 0. The van der Waals surface area contributed by atoms with Crippen LogP contribution >= 0.6 is 0 Å². The molecule has 4 nitrogen and oxygen atoms in total. The van der Waals surface area contributed by atoms with Crippen LogP contribution in [0, 0.1) is 0 Å². The molecule has 1 saturated heterocycles. The van der Waals surface area contributed by atoms with Gasteiger partial charge in [0, 0.05) is 16.5 Å². The summed E-state index contributed by atoms with van der Waals surface area (Å²) in [7, 11) is -0.398. The Bertz CT molecular complexity index is 1580. The molecular formula is C32H29BN2O2. The molecule has 0 aliphatic carbocycles. The summed E-state index contributed by atoms with van der Waals surface area (Å²) in [5.41, 5.74) is 6.36. The van der Waals surface area contributed by atoms with Crippen molar-refractivity contribution in [2.45, 2.75) is 38.9 Å². The second kappa shape index (κ2) is 8.95. The van der Waals surface area contributed by atoms with E-state index in [1.807, 2.05) is 36.4 Å². The van der Waals surface area contributed by atoms with Gasteiger partial charge >= 0.3 is 7.12 Å². The number of aromatic nitrogens is 2. The second-order valence-electron chi connectivity index (χ2n) is 10.6. The number of rotatable bonds is 4. The standard InChI is InChI=1S/C32H29BN2O2/c1-31(2)32(3,4)37-33(36-31)26-17-11-15-24(21-26)23-14-10-16-25(20-23)30-34-28-19-9-8-18-27(28)29(35-30)22-12-6-5-7-13-22/h5-21H,1-4H3. The van der Waals surface area contributed by atoms with Crippen molar-refractivity contribution >= 4 is 23.5 Å². The van der Waals surface area contributed by atoms with E-state index >= 15 is 0 Å². The third-order valence-corrected chi connectivity index (χ3v) is 7.52. The van der Waals surface area contributed by atoms with Gasteiger partial charge in [0.05, 0.1) is 22.4 Å². The fourth-order valence-corrected chi connectivity index (χ4v) is 4.70. The van der Waals surface area contributed by atoms with Gasteiger partial charge in [-0.15, -0.1) is 0 Å². The SMILES string of the molecule is CC1(C)OB(c2cccc(-c3cccc(-c4nc(-c5ccccc5)c5ccccc5n4)c3)c2)OC1(C)C. The number of nitrogens with zero attached hydrogens (tertiary/aromatic N) is 2. The van der Waals surface area contributed by atoms with Gasteiger partial charge in [0.1, 0.15) is 0 Å². The van der Waals surface area contributed by atoms with Crippen LogP contribution in [0.3, 0.4) is 0 Å². The molecule has 0 bridgehead atoms. The van der Waals surface area contributed by atoms with E-state index < -0.39 is 7.12 Å². The van der Waals surface area contributed by atoms with Crippen LogP contribution in [0.25, 0.3) is 44.7 Å². The molecule has 4 aromatic carbocycles. The second-order valence-corrected chi connectivity index (χ2v) is 10.6. The molecule has 37 heavy (non-hydrogen) atoms. The number of benzene rings is 4. The molecule has 1 aromatic heterocycles. The molecule has 182 valence electrons. The summed E-state index contributed by atoms with van der Waals surface area (Å²) in [6, 6.07) is 35.3. The lowest BCUT2D eigenvalue weighted by molar-refractivity contribution is 0.00578. The van der Waals surface area contributed by atoms with Crippen LogP contribution in [-0.2, 0) is 9.31 Å². The maximum atomic E-state index is 6.29. The van der Waals surface area contributed by atoms with E-state index in [1.165, 1.54) is 0 Å². The van der Waals surface area contributed by atoms with E-state index in [4.69, 9.17) is 19.3 Å². The first kappa shape index (κ1) is 23.6. The van der Waals surface area contributed by atoms with Gasteiger partial charge in [-0.05, 0) is 56.4 Å². The van der Waals surface area contributed by atoms with Crippen molar-refractivity contribution in [1.29, 1.82) is 0 Å². The first-order valence-electron chi connectivity index (χ1n) is 12.7. The molecule has 1 fully saturated rings. The Morgan fingerprint density at radius 3 is 1.92 bits per heavy atom. The minimum absolute atomic E-state index is 0.378. The quantitative estimate of drug-likeness (QED) is 0.260. The van der Waals surface area contributed by atoms with E-state index in [1.54, 1.807) is 0 Å². The zero-order valence-corrected chi connectivity index (χ0v) is 21.6. The summed E-state index contributed by atoms with van der Waals surface area (Å²) in [5.74, 6) is 0.710. The average molecular weight is 484 g/mol. The lowest BCUT2D eigenvalue weighted by atomic mass is 9.78. The zero-order valence-electron chi connectivity index (χ0n) is 21.6. The zero-order chi connectivity index (χ0) is 25.6. The van der Waals surface area contributed by atoms with Gasteiger partial charge in [0.25, 0.3) is 0 Å². The van der Waals surface area contributed by atoms with Crippen molar-refractivity contribution in [3.05, 3.63) is 103 Å². The van der Waals surface area contributed by atoms with Crippen LogP contribution in [0.4, 0.5) is 0 Å². The highest BCUT2D eigenvalue weighted by Crippen LogP contribution is 2.37. The smallest absolute Gasteiger partial charge is 0.399 e. The molecule has 0 unspecified atom stereocenters. The topological polar surface area (TPSA) is 44.2 Å². The molecule has 2 heterocycles. The van der Waals surface area contributed by atoms with E-state index in [9.17, 15) is 0 Å². The average Bonchev–Trinajstić information content (AvgIpc) is 3.15. The normalized spacial score (nSPS) is 16.3. The fraction of sp³-hybridized carbons (Fsp3) is 0.188. The Kier molecular flexibility index (Phi) is 5.71. The summed E-state index contributed by atoms with van der Waals surface area (Å²) in [4.78, 5) is 9.97. The third kappa shape index (κ3) is 4.35. The highest BCUT2D eigenvalue weighted by Gasteiger charge is 2.51. The molecule has 5 aromatic rings. The molecule has 0 spiro atoms. The first-order valence-corrected chi connectivity index (χ1v) is 12.7. The van der Waals surface area contributed by atoms with Gasteiger partial charge in [0.15, 0.2) is 5.82 Å². The minimum atomic E-state index is -0.398. The molecule has 0 radical (unpaired) electrons. The van der Waals surface area contributed by atoms with Crippen LogP contribution in [-0.4, -0.2) is 28.3 Å². The largest absolute Gasteiger partial charge is 0.494 e. The van der Waals surface area contributed by atoms with Crippen molar-refractivity contribution in [2.24, 2.45) is 0 Å². The van der Waals surface area contributed by atoms with Crippen LogP contribution in [0.15, 0.2) is 103 Å². The van der Waals surface area contributed by atoms with Crippen LogP contribution < -0.4 is 5.46 Å². The van der Waals surface area contributed by atoms with Crippen molar-refractivity contribution < 1.29 is 9.31 Å². The molecule has 5 heteroatoms. The Labute approximate surface area is 218 Å². The number of hydrogen-bond acceptors (Lipinski definition) is 4. The summed E-state index contributed by atoms with van der Waals surface area (Å²) >= 11 is 0. The lowest BCUT2D eigenvalue weighted by Gasteiger charge is -2.32. The molecular weight excluding hydrogens is 455 g/mol. The van der Waals surface area contributed by atoms with E-state index in [0.29, 0.717) is 5.82 Å². The van der Waals surface area contributed by atoms with E-state index in [0.717, 1.165) is 44.3 Å². The maximum Gasteiger partial charge on any atom is 0.494 e. The summed E-state index contributed by atoms with van der Waals surface area (Å²) < 4.78 is 12.6. The van der Waals surface area contributed by atoms with Crippen molar-refractivity contribution in [1.82, 2.24) is 9.97 Å². The Hall–Kier alpha value is -3.80. The van der Waals surface area contributed by atoms with Gasteiger partial charge < -0.3 is 9.31 Å². The molecule has 0 N–H and O–H groups in total. The highest BCUT2D eigenvalue weighted by atomic mass is 16.7. The Morgan fingerprint density at radius 1 is 0.568 bits per heavy atom. The van der Waals surface area contributed by atoms with Crippen molar-refractivity contribution in [2.75, 3.05) is 0 Å². The highest BCUT2D eigenvalue weighted by molar-refractivity contribution is 6.62. The molecule has 1 aliphatic heterocycles. The van der Waals surface area contributed by atoms with Gasteiger partial charge in [-0.1, -0.05) is 91.0 Å². The molecule has 1 aliphatic rings. The third-order valence-electron chi connectivity index (χ3n) is 7.52. The monoisotopic (exact) mass is 484 g/mol. The van der Waals surface area contributed by atoms with E-state index in [-0.39, 0.29) is 11.2 Å². The van der Waals surface area contributed by atoms with Gasteiger partial charge in [-0.2, -0.15) is 0 Å². The number of hydrogen-bond donors (Lipinski definition) is 0. The fourth-order valence-electron chi connectivity index (χ4n) is 4.70. The van der Waals surface area contributed by atoms with Crippen molar-refractivity contribution in [3.63, 3.8) is 0 Å². The Morgan fingerprint density at radius 2 is 1.16 bits per heavy atom. The number of para-hydroxylation sites is 1. The van der Waals surface area contributed by atoms with Crippen LogP contribution in [0.5, 0.6) is 0 Å². The first-order chi connectivity index (χ1) is 17.8. The summed E-state index contributed by atoms with van der Waals surface area (Å²) in [5, 5.41) is 1.05. The number of fused-ring (bicyclic) bond motifs is 1. The lowest BCUT2D eigenvalue weighted by Crippen LogP contribution is -2.41. The Balaban J connectivity index is 1.40.